The number of carbonyl (C=O) groups excluding carboxylic acids is 1. The summed E-state index contributed by atoms with van der Waals surface area (Å²) >= 11 is 0. The summed E-state index contributed by atoms with van der Waals surface area (Å²) in [6.45, 7) is 13.6. The highest BCUT2D eigenvalue weighted by molar-refractivity contribution is 5.68. The Morgan fingerprint density at radius 1 is 1.24 bits per heavy atom. The number of anilines is 1. The van der Waals surface area contributed by atoms with Crippen molar-refractivity contribution in [3.05, 3.63) is 18.1 Å². The van der Waals surface area contributed by atoms with Gasteiger partial charge in [0.15, 0.2) is 0 Å². The summed E-state index contributed by atoms with van der Waals surface area (Å²) in [5.74, 6) is 0.863. The van der Waals surface area contributed by atoms with Crippen LogP contribution in [0.25, 0.3) is 0 Å². The van der Waals surface area contributed by atoms with Crippen molar-refractivity contribution in [1.82, 2.24) is 14.9 Å². The maximum atomic E-state index is 12.1. The Morgan fingerprint density at radius 3 is 2.44 bits per heavy atom. The summed E-state index contributed by atoms with van der Waals surface area (Å²) in [6, 6.07) is 2.36. The molecule has 140 valence electrons. The summed E-state index contributed by atoms with van der Waals surface area (Å²) in [5, 5.41) is 3.50. The lowest BCUT2D eigenvalue weighted by Crippen LogP contribution is -2.44. The highest BCUT2D eigenvalue weighted by atomic mass is 16.6. The van der Waals surface area contributed by atoms with Crippen molar-refractivity contribution < 1.29 is 9.53 Å². The Bertz CT molecular complexity index is 587. The number of piperidine rings is 1. The number of hydrogen-bond donors (Lipinski definition) is 1. The molecule has 2 rings (SSSR count). The minimum atomic E-state index is -0.449. The lowest BCUT2D eigenvalue weighted by atomic mass is 9.86. The molecule has 0 bridgehead atoms. The maximum absolute atomic E-state index is 12.1. The number of rotatable bonds is 4. The maximum Gasteiger partial charge on any atom is 0.410 e. The zero-order valence-electron chi connectivity index (χ0n) is 16.4. The fourth-order valence-corrected chi connectivity index (χ4v) is 2.73. The van der Waals surface area contributed by atoms with Crippen LogP contribution in [0.2, 0.25) is 0 Å². The predicted octanol–water partition coefficient (Wildman–Crippen LogP) is 3.98. The second kappa shape index (κ2) is 7.58. The van der Waals surface area contributed by atoms with E-state index in [4.69, 9.17) is 4.74 Å². The quantitative estimate of drug-likeness (QED) is 0.891. The Kier molecular flexibility index (Phi) is 5.91. The first-order chi connectivity index (χ1) is 11.6. The fourth-order valence-electron chi connectivity index (χ4n) is 2.73. The number of likely N-dealkylation sites (tertiary alicyclic amines) is 1. The molecule has 0 aliphatic carbocycles. The Labute approximate surface area is 151 Å². The van der Waals surface area contributed by atoms with Crippen LogP contribution in [0.5, 0.6) is 0 Å². The third-order valence-corrected chi connectivity index (χ3v) is 4.74. The molecule has 1 saturated heterocycles. The van der Waals surface area contributed by atoms with E-state index >= 15 is 0 Å². The molecule has 0 unspecified atom stereocenters. The molecule has 1 aliphatic heterocycles. The van der Waals surface area contributed by atoms with E-state index in [-0.39, 0.29) is 11.5 Å². The third-order valence-electron chi connectivity index (χ3n) is 4.74. The average molecular weight is 348 g/mol. The molecule has 1 N–H and O–H groups in total. The SMILES string of the molecule is CCC(C)(C)c1cc(NC2CCN(C(=O)OC(C)(C)C)CC2)ncn1. The zero-order chi connectivity index (χ0) is 18.7. The number of aromatic nitrogens is 2. The average Bonchev–Trinajstić information content (AvgIpc) is 2.54. The van der Waals surface area contributed by atoms with Crippen LogP contribution in [-0.4, -0.2) is 45.7 Å². The number of ether oxygens (including phenoxy) is 1. The van der Waals surface area contributed by atoms with Crippen LogP contribution in [0, 0.1) is 0 Å². The van der Waals surface area contributed by atoms with E-state index in [0.717, 1.165) is 30.8 Å². The van der Waals surface area contributed by atoms with Crippen molar-refractivity contribution in [2.45, 2.75) is 77.9 Å². The highest BCUT2D eigenvalue weighted by Crippen LogP contribution is 2.26. The first kappa shape index (κ1) is 19.5. The monoisotopic (exact) mass is 348 g/mol. The van der Waals surface area contributed by atoms with Gasteiger partial charge in [0.25, 0.3) is 0 Å². The van der Waals surface area contributed by atoms with Gasteiger partial charge in [0, 0.05) is 30.6 Å². The number of nitrogens with zero attached hydrogens (tertiary/aromatic N) is 3. The molecule has 6 heteroatoms. The Balaban J connectivity index is 1.90. The van der Waals surface area contributed by atoms with E-state index in [1.165, 1.54) is 0 Å². The van der Waals surface area contributed by atoms with E-state index in [1.807, 2.05) is 26.8 Å². The largest absolute Gasteiger partial charge is 0.444 e. The first-order valence-electron chi connectivity index (χ1n) is 9.18. The Morgan fingerprint density at radius 2 is 1.88 bits per heavy atom. The second-order valence-corrected chi connectivity index (χ2v) is 8.41. The molecule has 1 fully saturated rings. The van der Waals surface area contributed by atoms with Crippen molar-refractivity contribution in [3.63, 3.8) is 0 Å². The summed E-state index contributed by atoms with van der Waals surface area (Å²) in [6.07, 6.45) is 4.20. The van der Waals surface area contributed by atoms with Gasteiger partial charge in [-0.15, -0.1) is 0 Å². The minimum absolute atomic E-state index is 0.0411. The van der Waals surface area contributed by atoms with Gasteiger partial charge in [-0.25, -0.2) is 14.8 Å². The zero-order valence-corrected chi connectivity index (χ0v) is 16.4. The summed E-state index contributed by atoms with van der Waals surface area (Å²) in [5.41, 5.74) is 0.647. The van der Waals surface area contributed by atoms with Crippen LogP contribution in [0.1, 0.15) is 66.5 Å². The molecule has 2 heterocycles. The molecule has 1 amide bonds. The smallest absolute Gasteiger partial charge is 0.410 e. The van der Waals surface area contributed by atoms with E-state index in [0.29, 0.717) is 19.1 Å². The van der Waals surface area contributed by atoms with E-state index < -0.39 is 5.60 Å². The lowest BCUT2D eigenvalue weighted by Gasteiger charge is -2.34. The molecule has 0 atom stereocenters. The van der Waals surface area contributed by atoms with Crippen molar-refractivity contribution in [2.75, 3.05) is 18.4 Å². The number of hydrogen-bond acceptors (Lipinski definition) is 5. The van der Waals surface area contributed by atoms with Crippen LogP contribution in [-0.2, 0) is 10.2 Å². The lowest BCUT2D eigenvalue weighted by molar-refractivity contribution is 0.0210. The number of amides is 1. The molecular formula is C19H32N4O2. The molecular weight excluding hydrogens is 316 g/mol. The second-order valence-electron chi connectivity index (χ2n) is 8.41. The highest BCUT2D eigenvalue weighted by Gasteiger charge is 2.27. The van der Waals surface area contributed by atoms with Gasteiger partial charge >= 0.3 is 6.09 Å². The summed E-state index contributed by atoms with van der Waals surface area (Å²) < 4.78 is 5.44. The van der Waals surface area contributed by atoms with E-state index in [2.05, 4.69) is 36.1 Å². The van der Waals surface area contributed by atoms with Crippen LogP contribution in [0.3, 0.4) is 0 Å². The van der Waals surface area contributed by atoms with Gasteiger partial charge in [-0.3, -0.25) is 0 Å². The molecule has 1 aromatic heterocycles. The number of nitrogens with one attached hydrogen (secondary N) is 1. The van der Waals surface area contributed by atoms with Crippen molar-refractivity contribution >= 4 is 11.9 Å². The molecule has 0 radical (unpaired) electrons. The van der Waals surface area contributed by atoms with E-state index in [1.54, 1.807) is 11.2 Å². The van der Waals surface area contributed by atoms with Gasteiger partial charge in [-0.2, -0.15) is 0 Å². The third kappa shape index (κ3) is 5.58. The molecule has 0 spiro atoms. The van der Waals surface area contributed by atoms with Gasteiger partial charge < -0.3 is 15.0 Å². The molecule has 0 aromatic carbocycles. The molecule has 0 saturated carbocycles. The van der Waals surface area contributed by atoms with Crippen molar-refractivity contribution in [3.8, 4) is 0 Å². The fraction of sp³-hybridized carbons (Fsp3) is 0.737. The van der Waals surface area contributed by atoms with E-state index in [9.17, 15) is 4.79 Å². The topological polar surface area (TPSA) is 67.4 Å². The normalized spacial score (nSPS) is 16.6. The van der Waals surface area contributed by atoms with Gasteiger partial charge in [0.1, 0.15) is 17.7 Å². The van der Waals surface area contributed by atoms with Crippen LogP contribution in [0.15, 0.2) is 12.4 Å². The van der Waals surface area contributed by atoms with Crippen molar-refractivity contribution in [2.24, 2.45) is 0 Å². The molecule has 1 aromatic rings. The predicted molar refractivity (Wildman–Crippen MR) is 99.8 cm³/mol. The van der Waals surface area contributed by atoms with Crippen LogP contribution < -0.4 is 5.32 Å². The molecule has 25 heavy (non-hydrogen) atoms. The summed E-state index contributed by atoms with van der Waals surface area (Å²) in [4.78, 5) is 22.7. The van der Waals surface area contributed by atoms with Gasteiger partial charge in [0.2, 0.25) is 0 Å². The summed E-state index contributed by atoms with van der Waals surface area (Å²) in [7, 11) is 0. The van der Waals surface area contributed by atoms with Crippen molar-refractivity contribution in [1.29, 1.82) is 0 Å². The molecule has 6 nitrogen and oxygen atoms in total. The van der Waals surface area contributed by atoms with Crippen LogP contribution in [0.4, 0.5) is 10.6 Å². The van der Waals surface area contributed by atoms with Crippen LogP contribution >= 0.6 is 0 Å². The molecule has 1 aliphatic rings. The van der Waals surface area contributed by atoms with Gasteiger partial charge in [0.05, 0.1) is 5.69 Å². The minimum Gasteiger partial charge on any atom is -0.444 e. The standard InChI is InChI=1S/C19H32N4O2/c1-7-19(5,6)15-12-16(21-13-20-15)22-14-8-10-23(11-9-14)17(24)25-18(2,3)4/h12-14H,7-11H2,1-6H3,(H,20,21,22). The Hall–Kier alpha value is -1.85. The first-order valence-corrected chi connectivity index (χ1v) is 9.18. The van der Waals surface area contributed by atoms with Gasteiger partial charge in [-0.1, -0.05) is 20.8 Å². The number of carbonyl (C=O) groups is 1. The van der Waals surface area contributed by atoms with Gasteiger partial charge in [-0.05, 0) is 40.0 Å².